The van der Waals surface area contributed by atoms with Gasteiger partial charge in [-0.15, -0.1) is 0 Å². The molecule has 1 fully saturated rings. The van der Waals surface area contributed by atoms with Crippen LogP contribution in [0.25, 0.3) is 11.0 Å². The fraction of sp³-hybridized carbons (Fsp3) is 0.462. The number of nitrogens with zero attached hydrogens (tertiary/aromatic N) is 3. The van der Waals surface area contributed by atoms with Crippen LogP contribution in [-0.4, -0.2) is 64.2 Å². The number of morpholine rings is 1. The summed E-state index contributed by atoms with van der Waals surface area (Å²) in [5.41, 5.74) is 1.36. The Balaban J connectivity index is 1.69. The number of aromatic nitrogens is 2. The Bertz CT molecular complexity index is 639. The number of aromatic carboxylic acids is 1. The van der Waals surface area contributed by atoms with E-state index in [0.717, 1.165) is 44.6 Å². The molecule has 112 valence electrons. The molecule has 1 saturated heterocycles. The first-order chi connectivity index (χ1) is 10.2. The molecule has 0 saturated carbocycles. The van der Waals surface area contributed by atoms with Gasteiger partial charge in [0, 0.05) is 25.7 Å². The van der Waals surface area contributed by atoms with Gasteiger partial charge < -0.3 is 14.6 Å². The molecule has 0 amide bonds. The van der Waals surface area contributed by atoms with Crippen LogP contribution in [-0.2, 0) is 4.74 Å². The Labute approximate surface area is 125 Å². The van der Waals surface area contributed by atoms with Crippen LogP contribution in [0.1, 0.15) is 10.4 Å². The Morgan fingerprint density at radius 2 is 2.05 bits per heavy atom. The van der Waals surface area contributed by atoms with Gasteiger partial charge in [0.15, 0.2) is 0 Å². The normalized spacial score (nSPS) is 16.2. The molecule has 0 unspecified atom stereocenters. The lowest BCUT2D eigenvalue weighted by Crippen LogP contribution is -2.38. The molecule has 8 heteroatoms. The maximum absolute atomic E-state index is 11.3. The van der Waals surface area contributed by atoms with Crippen LogP contribution in [0.5, 0.6) is 5.75 Å². The van der Waals surface area contributed by atoms with Crippen molar-refractivity contribution >= 4 is 28.7 Å². The molecule has 2 aromatic rings. The first-order valence-corrected chi connectivity index (χ1v) is 7.39. The van der Waals surface area contributed by atoms with Crippen molar-refractivity contribution in [1.82, 2.24) is 13.6 Å². The van der Waals surface area contributed by atoms with Crippen LogP contribution in [0.3, 0.4) is 0 Å². The molecule has 1 aromatic heterocycles. The van der Waals surface area contributed by atoms with Crippen molar-refractivity contribution in [2.75, 3.05) is 39.5 Å². The summed E-state index contributed by atoms with van der Waals surface area (Å²) in [5, 5.41) is 9.26. The minimum absolute atomic E-state index is 0.122. The van der Waals surface area contributed by atoms with Gasteiger partial charge in [-0.2, -0.15) is 8.75 Å². The molecular weight excluding hydrogens is 294 g/mol. The minimum atomic E-state index is -1.02. The van der Waals surface area contributed by atoms with Gasteiger partial charge in [0.05, 0.1) is 24.9 Å². The van der Waals surface area contributed by atoms with E-state index in [1.165, 1.54) is 6.07 Å². The number of rotatable bonds is 5. The molecule has 1 N–H and O–H groups in total. The Morgan fingerprint density at radius 3 is 2.76 bits per heavy atom. The van der Waals surface area contributed by atoms with Crippen molar-refractivity contribution in [3.05, 3.63) is 17.7 Å². The molecule has 0 atom stereocenters. The highest BCUT2D eigenvalue weighted by Gasteiger charge is 2.16. The van der Waals surface area contributed by atoms with Crippen molar-refractivity contribution in [2.24, 2.45) is 0 Å². The smallest absolute Gasteiger partial charge is 0.339 e. The molecule has 7 nitrogen and oxygen atoms in total. The lowest BCUT2D eigenvalue weighted by molar-refractivity contribution is 0.0321. The van der Waals surface area contributed by atoms with Crippen LogP contribution in [0.15, 0.2) is 12.1 Å². The third kappa shape index (κ3) is 3.29. The monoisotopic (exact) mass is 309 g/mol. The molecule has 1 aliphatic rings. The molecule has 21 heavy (non-hydrogen) atoms. The predicted octanol–water partition coefficient (Wildman–Crippen LogP) is 1.10. The molecule has 0 spiro atoms. The highest BCUT2D eigenvalue weighted by molar-refractivity contribution is 7.00. The zero-order chi connectivity index (χ0) is 14.7. The van der Waals surface area contributed by atoms with Crippen LogP contribution in [0, 0.1) is 0 Å². The van der Waals surface area contributed by atoms with Crippen molar-refractivity contribution < 1.29 is 19.4 Å². The van der Waals surface area contributed by atoms with Gasteiger partial charge in [0.25, 0.3) is 0 Å². The number of hydrogen-bond donors (Lipinski definition) is 1. The first kappa shape index (κ1) is 14.2. The largest absolute Gasteiger partial charge is 0.491 e. The number of benzene rings is 1. The molecule has 2 heterocycles. The summed E-state index contributed by atoms with van der Waals surface area (Å²) in [6.07, 6.45) is 0. The van der Waals surface area contributed by atoms with Gasteiger partial charge in [-0.3, -0.25) is 4.90 Å². The van der Waals surface area contributed by atoms with Gasteiger partial charge in [-0.25, -0.2) is 4.79 Å². The van der Waals surface area contributed by atoms with E-state index in [4.69, 9.17) is 9.47 Å². The number of hydrogen-bond acceptors (Lipinski definition) is 7. The van der Waals surface area contributed by atoms with E-state index in [0.29, 0.717) is 23.4 Å². The van der Waals surface area contributed by atoms with Crippen molar-refractivity contribution in [3.63, 3.8) is 0 Å². The number of carbonyl (C=O) groups is 1. The second kappa shape index (κ2) is 6.33. The fourth-order valence-electron chi connectivity index (χ4n) is 2.21. The molecular formula is C13H15N3O4S. The van der Waals surface area contributed by atoms with Gasteiger partial charge in [0.2, 0.25) is 0 Å². The summed E-state index contributed by atoms with van der Waals surface area (Å²) >= 11 is 1.06. The maximum Gasteiger partial charge on any atom is 0.339 e. The maximum atomic E-state index is 11.3. The van der Waals surface area contributed by atoms with E-state index in [9.17, 15) is 9.90 Å². The van der Waals surface area contributed by atoms with Gasteiger partial charge in [0.1, 0.15) is 29.0 Å². The number of carboxylic acid groups (broad SMARTS) is 1. The second-order valence-electron chi connectivity index (χ2n) is 4.71. The lowest BCUT2D eigenvalue weighted by atomic mass is 10.2. The Kier molecular flexibility index (Phi) is 4.28. The number of carboxylic acids is 1. The third-order valence-electron chi connectivity index (χ3n) is 3.35. The van der Waals surface area contributed by atoms with Crippen LogP contribution >= 0.6 is 11.7 Å². The molecule has 1 aromatic carbocycles. The SMILES string of the molecule is O=C(O)c1cc2nsnc2cc1OCCN1CCOCC1. The van der Waals surface area contributed by atoms with Gasteiger partial charge in [-0.05, 0) is 6.07 Å². The van der Waals surface area contributed by atoms with Crippen molar-refractivity contribution in [1.29, 1.82) is 0 Å². The Hall–Kier alpha value is -1.77. The van der Waals surface area contributed by atoms with E-state index in [-0.39, 0.29) is 5.56 Å². The average molecular weight is 309 g/mol. The van der Waals surface area contributed by atoms with E-state index in [1.807, 2.05) is 0 Å². The summed E-state index contributed by atoms with van der Waals surface area (Å²) in [7, 11) is 0. The molecule has 0 bridgehead atoms. The third-order valence-corrected chi connectivity index (χ3v) is 3.91. The van der Waals surface area contributed by atoms with Gasteiger partial charge in [-0.1, -0.05) is 0 Å². The van der Waals surface area contributed by atoms with Gasteiger partial charge >= 0.3 is 5.97 Å². The molecule has 0 aliphatic carbocycles. The summed E-state index contributed by atoms with van der Waals surface area (Å²) in [6, 6.07) is 3.15. The van der Waals surface area contributed by atoms with Crippen molar-refractivity contribution in [3.8, 4) is 5.75 Å². The molecule has 0 radical (unpaired) electrons. The minimum Gasteiger partial charge on any atom is -0.491 e. The van der Waals surface area contributed by atoms with E-state index in [2.05, 4.69) is 13.6 Å². The summed E-state index contributed by atoms with van der Waals surface area (Å²) in [4.78, 5) is 13.5. The predicted molar refractivity (Wildman–Crippen MR) is 77.1 cm³/mol. The van der Waals surface area contributed by atoms with E-state index >= 15 is 0 Å². The standard InChI is InChI=1S/C13H15N3O4S/c17-13(18)9-7-10-11(15-21-14-10)8-12(9)20-6-3-16-1-4-19-5-2-16/h7-8H,1-6H2,(H,17,18). The highest BCUT2D eigenvalue weighted by atomic mass is 32.1. The molecule has 1 aliphatic heterocycles. The van der Waals surface area contributed by atoms with E-state index < -0.39 is 5.97 Å². The number of ether oxygens (including phenoxy) is 2. The second-order valence-corrected chi connectivity index (χ2v) is 5.24. The molecule has 3 rings (SSSR count). The zero-order valence-electron chi connectivity index (χ0n) is 11.3. The van der Waals surface area contributed by atoms with Crippen molar-refractivity contribution in [2.45, 2.75) is 0 Å². The summed E-state index contributed by atoms with van der Waals surface area (Å²) < 4.78 is 19.1. The van der Waals surface area contributed by atoms with Crippen LogP contribution in [0.2, 0.25) is 0 Å². The van der Waals surface area contributed by atoms with Crippen LogP contribution < -0.4 is 4.74 Å². The lowest BCUT2D eigenvalue weighted by Gasteiger charge is -2.26. The highest BCUT2D eigenvalue weighted by Crippen LogP contribution is 2.25. The summed E-state index contributed by atoms with van der Waals surface area (Å²) in [6.45, 7) is 4.40. The number of fused-ring (bicyclic) bond motifs is 1. The van der Waals surface area contributed by atoms with Crippen LogP contribution in [0.4, 0.5) is 0 Å². The summed E-state index contributed by atoms with van der Waals surface area (Å²) in [5.74, 6) is -0.678. The first-order valence-electron chi connectivity index (χ1n) is 6.66. The topological polar surface area (TPSA) is 84.8 Å². The average Bonchev–Trinajstić information content (AvgIpc) is 2.94. The quantitative estimate of drug-likeness (QED) is 0.885. The fourth-order valence-corrected chi connectivity index (χ4v) is 2.72. The van der Waals surface area contributed by atoms with E-state index in [1.54, 1.807) is 6.07 Å². The Morgan fingerprint density at radius 1 is 1.33 bits per heavy atom. The zero-order valence-corrected chi connectivity index (χ0v) is 12.1.